The van der Waals surface area contributed by atoms with Crippen LogP contribution in [-0.4, -0.2) is 124 Å². The fraction of sp³-hybridized carbons (Fsp3) is 0.354. The number of hydrogen-bond acceptors (Lipinski definition) is 16. The van der Waals surface area contributed by atoms with E-state index in [9.17, 15) is 29.8 Å². The molecule has 0 saturated carbocycles. The lowest BCUT2D eigenvalue weighted by Crippen LogP contribution is -2.41. The number of alkyl halides is 1. The normalized spacial score (nSPS) is 14.1. The van der Waals surface area contributed by atoms with E-state index in [1.165, 1.54) is 78.4 Å². The minimum absolute atomic E-state index is 0. The largest absolute Gasteiger partial charge is 0.382 e. The predicted octanol–water partition coefficient (Wildman–Crippen LogP) is 9.35. The summed E-state index contributed by atoms with van der Waals surface area (Å²) >= 11 is 10.8. The first-order chi connectivity index (χ1) is 33.5. The number of nitrogens with one attached hydrogen (secondary N) is 2. The molecule has 23 heteroatoms. The molecule has 2 fully saturated rings. The smallest absolute Gasteiger partial charge is 0.270 e. The molecule has 0 radical (unpaired) electrons. The fourth-order valence-corrected chi connectivity index (χ4v) is 9.57. The lowest BCUT2D eigenvalue weighted by atomic mass is 10.0. The van der Waals surface area contributed by atoms with Gasteiger partial charge in [-0.15, -0.1) is 0 Å². The lowest BCUT2D eigenvalue weighted by molar-refractivity contribution is -0.385. The number of non-ortho nitro benzene ring substituents is 2. The number of Topliss-reactive ketones (excluding diaryl/α,β-unsaturated/α-hetero) is 1. The number of piperidine rings is 2. The van der Waals surface area contributed by atoms with Gasteiger partial charge >= 0.3 is 0 Å². The number of aromatic nitrogens is 1. The molecule has 1 aromatic heterocycles. The van der Waals surface area contributed by atoms with Crippen molar-refractivity contribution in [2.24, 2.45) is 10.7 Å². The molecule has 2 aliphatic heterocycles. The molecule has 7 rings (SSSR count). The van der Waals surface area contributed by atoms with Crippen molar-refractivity contribution in [3.8, 4) is 0 Å². The van der Waals surface area contributed by atoms with Gasteiger partial charge in [-0.2, -0.15) is 14.9 Å². The number of carbonyl (C=O) groups excluding carboxylic acids is 2. The van der Waals surface area contributed by atoms with Gasteiger partial charge in [-0.1, -0.05) is 70.2 Å². The van der Waals surface area contributed by atoms with E-state index < -0.39 is 15.6 Å². The second-order valence-corrected chi connectivity index (χ2v) is 19.9. The highest BCUT2D eigenvalue weighted by molar-refractivity contribution is 9.09. The summed E-state index contributed by atoms with van der Waals surface area (Å²) in [7, 11) is 8.60. The van der Waals surface area contributed by atoms with Crippen LogP contribution < -0.4 is 31.9 Å². The van der Waals surface area contributed by atoms with Crippen LogP contribution in [0.15, 0.2) is 102 Å². The predicted molar refractivity (Wildman–Crippen MR) is 305 cm³/mol. The van der Waals surface area contributed by atoms with E-state index in [2.05, 4.69) is 109 Å². The Balaban J connectivity index is 0.000000252. The third-order valence-electron chi connectivity index (χ3n) is 11.5. The molecule has 3 heterocycles. The van der Waals surface area contributed by atoms with Crippen molar-refractivity contribution in [3.63, 3.8) is 0 Å². The molecule has 2 aliphatic rings. The monoisotopic (exact) mass is 1110 g/mol. The van der Waals surface area contributed by atoms with Gasteiger partial charge in [0.25, 0.3) is 11.4 Å². The van der Waals surface area contributed by atoms with Crippen molar-refractivity contribution in [2.45, 2.75) is 44.7 Å². The number of carbonyl (C=O) groups is 2. The minimum Gasteiger partial charge on any atom is -0.382 e. The topological polar surface area (TPSA) is 235 Å². The molecule has 1 atom stereocenters. The molecule has 0 bridgehead atoms. The van der Waals surface area contributed by atoms with E-state index in [1.54, 1.807) is 6.07 Å². The zero-order valence-corrected chi connectivity index (χ0v) is 45.9. The summed E-state index contributed by atoms with van der Waals surface area (Å²) in [5.41, 5.74) is 16.3. The number of thioether (sulfide) groups is 1. The number of nitrogens with zero attached hydrogens (tertiary/aromatic N) is 8. The molecule has 71 heavy (non-hydrogen) atoms. The van der Waals surface area contributed by atoms with Gasteiger partial charge in [-0.25, -0.2) is 4.98 Å². The molecule has 0 aliphatic carbocycles. The van der Waals surface area contributed by atoms with Crippen molar-refractivity contribution in [3.05, 3.63) is 133 Å². The summed E-state index contributed by atoms with van der Waals surface area (Å²) in [5.74, 6) is 0.429. The summed E-state index contributed by atoms with van der Waals surface area (Å²) in [6.07, 6.45) is 4.71. The van der Waals surface area contributed by atoms with Crippen LogP contribution in [0.1, 0.15) is 58.2 Å². The minimum atomic E-state index is -0.534. The average Bonchev–Trinajstić information content (AvgIpc) is 3.73. The summed E-state index contributed by atoms with van der Waals surface area (Å²) < 4.78 is 0. The number of nitrogen functional groups attached to an aromatic ring is 1. The highest BCUT2D eigenvalue weighted by atomic mass is 79.9. The first kappa shape index (κ1) is 58.0. The maximum absolute atomic E-state index is 12.8. The maximum atomic E-state index is 12.8. The lowest BCUT2D eigenvalue weighted by Gasteiger charge is -2.36. The van der Waals surface area contributed by atoms with Crippen LogP contribution in [0.4, 0.5) is 45.1 Å². The van der Waals surface area contributed by atoms with Crippen molar-refractivity contribution in [1.82, 2.24) is 14.8 Å². The first-order valence-electron chi connectivity index (χ1n) is 22.4. The summed E-state index contributed by atoms with van der Waals surface area (Å²) in [4.78, 5) is 62.4. The number of hydrogen-bond donors (Lipinski definition) is 4. The van der Waals surface area contributed by atoms with E-state index >= 15 is 0 Å². The number of rotatable bonds is 14. The standard InChI is InChI=1S/C23H26N6O3S.C17H27N5S2.C8H6BrNO3.H3P/c1-27(2)17-10-12-28(13-11-17)18-8-6-16(7-9-18)25-23-26-22(24)21(33-23)20(30)15-4-3-5-19(14-15)29(31)32;1-4-24-16(18)20-17(23)19-13-5-7-15(8-6-13)22-11-9-14(10-12-22)21(2)3;9-5-8(11)6-2-1-3-7(4-6)10(12)13;/h3-9,14,17H,10-13,24H2,1-2H3,(H,25,26);5-8,14H,4,9-12H2,1-3H3,(H3,18,19,20,23);1-4H,5H2;1H3. The molecular formula is C48H62BrN12O6PS3. The number of nitro groups is 2. The molecule has 380 valence electrons. The van der Waals surface area contributed by atoms with Gasteiger partial charge in [-0.05, 0) is 120 Å². The Hall–Kier alpha value is -5.61. The Morgan fingerprint density at radius 3 is 1.73 bits per heavy atom. The van der Waals surface area contributed by atoms with Crippen LogP contribution in [-0.2, 0) is 0 Å². The molecule has 2 saturated heterocycles. The van der Waals surface area contributed by atoms with E-state index in [1.807, 2.05) is 31.2 Å². The van der Waals surface area contributed by atoms with Crippen molar-refractivity contribution >= 4 is 128 Å². The Labute approximate surface area is 440 Å². The quantitative estimate of drug-likeness (QED) is 0.0118. The summed E-state index contributed by atoms with van der Waals surface area (Å²) in [6.45, 7) is 6.29. The van der Waals surface area contributed by atoms with Crippen LogP contribution in [0.25, 0.3) is 0 Å². The molecule has 6 N–H and O–H groups in total. The van der Waals surface area contributed by atoms with Crippen LogP contribution in [0.5, 0.6) is 0 Å². The van der Waals surface area contributed by atoms with E-state index in [0.717, 1.165) is 67.5 Å². The second-order valence-electron chi connectivity index (χ2n) is 16.6. The number of thiazole rings is 1. The number of benzene rings is 4. The van der Waals surface area contributed by atoms with E-state index in [4.69, 9.17) is 23.7 Å². The van der Waals surface area contributed by atoms with Crippen LogP contribution >= 0.6 is 61.1 Å². The van der Waals surface area contributed by atoms with Gasteiger partial charge in [0.05, 0.1) is 15.2 Å². The van der Waals surface area contributed by atoms with Crippen LogP contribution in [0.2, 0.25) is 0 Å². The number of anilines is 6. The second kappa shape index (κ2) is 28.4. The molecule has 0 amide bonds. The molecule has 0 spiro atoms. The van der Waals surface area contributed by atoms with Gasteiger partial charge in [0.15, 0.2) is 21.2 Å². The number of thiocarbonyl (C=S) groups is 1. The molecule has 18 nitrogen and oxygen atoms in total. The van der Waals surface area contributed by atoms with Crippen LogP contribution in [0.3, 0.4) is 0 Å². The SMILES string of the molecule is CCSC(N)=NC(=S)Nc1ccc(N2CCC(N(C)C)CC2)cc1.CN(C)C1CCN(c2ccc(Nc3nc(N)c(C(=O)c4cccc([N+](=O)[O-])c4)s3)cc2)CC1.O=C(CBr)c1cccc([N+](=O)[O-])c1.P. The van der Waals surface area contributed by atoms with Gasteiger partial charge in [-0.3, -0.25) is 29.8 Å². The van der Waals surface area contributed by atoms with Gasteiger partial charge in [0, 0.05) is 96.4 Å². The van der Waals surface area contributed by atoms with Crippen molar-refractivity contribution < 1.29 is 19.4 Å². The van der Waals surface area contributed by atoms with Crippen LogP contribution in [0, 0.1) is 20.2 Å². The number of amidine groups is 1. The highest BCUT2D eigenvalue weighted by Crippen LogP contribution is 2.32. The van der Waals surface area contributed by atoms with Crippen molar-refractivity contribution in [2.75, 3.05) is 91.6 Å². The Bertz CT molecular complexity index is 2610. The third kappa shape index (κ3) is 17.6. The zero-order valence-electron chi connectivity index (χ0n) is 40.5. The van der Waals surface area contributed by atoms with E-state index in [-0.39, 0.29) is 48.6 Å². The summed E-state index contributed by atoms with van der Waals surface area (Å²) in [5, 5.41) is 29.2. The molecule has 1 unspecified atom stereocenters. The maximum Gasteiger partial charge on any atom is 0.270 e. The number of aliphatic imine (C=N–C) groups is 1. The first-order valence-corrected chi connectivity index (χ1v) is 25.8. The Kier molecular flexibility index (Phi) is 23.2. The summed E-state index contributed by atoms with van der Waals surface area (Å²) in [6, 6.07) is 29.0. The highest BCUT2D eigenvalue weighted by Gasteiger charge is 2.23. The number of nitro benzene ring substituents is 2. The third-order valence-corrected chi connectivity index (χ3v) is 13.9. The molecule has 5 aromatic rings. The zero-order chi connectivity index (χ0) is 50.9. The van der Waals surface area contributed by atoms with Gasteiger partial charge < -0.3 is 41.7 Å². The van der Waals surface area contributed by atoms with Gasteiger partial charge in [0.2, 0.25) is 5.78 Å². The average molecular weight is 1110 g/mol. The Morgan fingerprint density at radius 2 is 1.28 bits per heavy atom. The molecular weight excluding hydrogens is 1050 g/mol. The van der Waals surface area contributed by atoms with Crippen molar-refractivity contribution in [1.29, 1.82) is 0 Å². The fourth-order valence-electron chi connectivity index (χ4n) is 7.66. The number of ketones is 2. The molecule has 4 aromatic carbocycles. The number of halogens is 1. The van der Waals surface area contributed by atoms with E-state index in [0.29, 0.717) is 33.1 Å². The number of nitrogens with two attached hydrogens (primary N) is 2. The Morgan fingerprint density at radius 1 is 0.817 bits per heavy atom. The van der Waals surface area contributed by atoms with Gasteiger partial charge in [0.1, 0.15) is 10.7 Å².